The van der Waals surface area contributed by atoms with E-state index >= 15 is 0 Å². The Morgan fingerprint density at radius 2 is 1.93 bits per heavy atom. The van der Waals surface area contributed by atoms with Gasteiger partial charge in [0, 0.05) is 37.9 Å². The van der Waals surface area contributed by atoms with Crippen LogP contribution >= 0.6 is 0 Å². The number of ketones is 1. The van der Waals surface area contributed by atoms with Crippen molar-refractivity contribution in [2.75, 3.05) is 20.2 Å². The maximum atomic E-state index is 13.1. The monoisotopic (exact) mass is 413 g/mol. The van der Waals surface area contributed by atoms with Crippen molar-refractivity contribution in [3.63, 3.8) is 0 Å². The van der Waals surface area contributed by atoms with Gasteiger partial charge in [-0.05, 0) is 43.7 Å². The molecule has 1 aliphatic carbocycles. The summed E-state index contributed by atoms with van der Waals surface area (Å²) in [5.74, 6) is 2.77. The number of nitrogens with zero attached hydrogens (tertiary/aromatic N) is 1. The van der Waals surface area contributed by atoms with Gasteiger partial charge >= 0.3 is 0 Å². The number of unbranched alkanes of at least 4 members (excludes halogenated alkanes) is 1. The summed E-state index contributed by atoms with van der Waals surface area (Å²) in [6.45, 7) is 3.61. The minimum Gasteiger partial charge on any atom is -0.497 e. The van der Waals surface area contributed by atoms with Gasteiger partial charge in [-0.15, -0.1) is 0 Å². The van der Waals surface area contributed by atoms with Crippen LogP contribution in [-0.4, -0.2) is 42.4 Å². The van der Waals surface area contributed by atoms with Crippen molar-refractivity contribution in [1.29, 1.82) is 0 Å². The maximum Gasteiger partial charge on any atom is 0.225 e. The number of amides is 1. The van der Waals surface area contributed by atoms with Crippen molar-refractivity contribution in [1.82, 2.24) is 4.90 Å². The molecule has 2 fully saturated rings. The van der Waals surface area contributed by atoms with Crippen LogP contribution in [0.3, 0.4) is 0 Å². The molecule has 0 N–H and O–H groups in total. The zero-order valence-corrected chi connectivity index (χ0v) is 18.5. The molecule has 0 radical (unpaired) electrons. The zero-order chi connectivity index (χ0) is 21.1. The van der Waals surface area contributed by atoms with Crippen LogP contribution in [0.25, 0.3) is 0 Å². The number of rotatable bonds is 5. The van der Waals surface area contributed by atoms with Crippen molar-refractivity contribution >= 4 is 11.7 Å². The topological polar surface area (TPSA) is 55.8 Å². The lowest BCUT2D eigenvalue weighted by atomic mass is 9.78. The molecule has 0 aromatic heterocycles. The van der Waals surface area contributed by atoms with Crippen molar-refractivity contribution in [2.45, 2.75) is 76.7 Å². The van der Waals surface area contributed by atoms with Gasteiger partial charge in [0.25, 0.3) is 0 Å². The third-order valence-electron chi connectivity index (χ3n) is 7.45. The summed E-state index contributed by atoms with van der Waals surface area (Å²) in [5.41, 5.74) is 0.158. The lowest BCUT2D eigenvalue weighted by Gasteiger charge is -2.45. The minimum atomic E-state index is -0.481. The van der Waals surface area contributed by atoms with Gasteiger partial charge in [0.15, 0.2) is 5.78 Å². The minimum absolute atomic E-state index is 0.129. The summed E-state index contributed by atoms with van der Waals surface area (Å²) in [6, 6.07) is 5.40. The molecule has 1 saturated carbocycles. The molecule has 0 unspecified atom stereocenters. The second-order valence-corrected chi connectivity index (χ2v) is 9.43. The van der Waals surface area contributed by atoms with Crippen LogP contribution in [0, 0.1) is 11.8 Å². The molecule has 1 amide bonds. The molecule has 1 aromatic rings. The summed E-state index contributed by atoms with van der Waals surface area (Å²) >= 11 is 0. The first kappa shape index (κ1) is 21.2. The number of hydrogen-bond acceptors (Lipinski definition) is 4. The van der Waals surface area contributed by atoms with Gasteiger partial charge in [-0.2, -0.15) is 0 Å². The second kappa shape index (κ2) is 8.99. The lowest BCUT2D eigenvalue weighted by molar-refractivity contribution is -0.140. The Kier molecular flexibility index (Phi) is 6.35. The Morgan fingerprint density at radius 3 is 2.60 bits per heavy atom. The highest BCUT2D eigenvalue weighted by atomic mass is 16.5. The third-order valence-corrected chi connectivity index (χ3v) is 7.45. The Bertz CT molecular complexity index is 773. The molecule has 0 atom stereocenters. The standard InChI is InChI=1S/C25H35NO4/c1-3-4-5-18-6-8-19(9-7-18)24(28)26-14-12-25(13-15-26)17-22(27)21-11-10-20(29-2)16-23(21)30-25/h10-11,16,18-19H,3-9,12-15,17H2,1-2H3. The first-order valence-corrected chi connectivity index (χ1v) is 11.7. The van der Waals surface area contributed by atoms with Crippen LogP contribution < -0.4 is 9.47 Å². The number of fused-ring (bicyclic) bond motifs is 1. The summed E-state index contributed by atoms with van der Waals surface area (Å²) in [6.07, 6.45) is 10.2. The normalized spacial score (nSPS) is 25.5. The van der Waals surface area contributed by atoms with E-state index in [0.29, 0.717) is 55.3 Å². The van der Waals surface area contributed by atoms with E-state index in [1.807, 2.05) is 11.0 Å². The Labute approximate surface area is 180 Å². The lowest BCUT2D eigenvalue weighted by Crippen LogP contribution is -2.53. The van der Waals surface area contributed by atoms with Crippen molar-refractivity contribution in [2.24, 2.45) is 11.8 Å². The number of carbonyl (C=O) groups is 2. The molecular weight excluding hydrogens is 378 g/mol. The molecule has 4 rings (SSSR count). The Hall–Kier alpha value is -2.04. The zero-order valence-electron chi connectivity index (χ0n) is 18.5. The van der Waals surface area contributed by atoms with E-state index in [1.54, 1.807) is 19.2 Å². The molecule has 2 aliphatic heterocycles. The van der Waals surface area contributed by atoms with E-state index in [9.17, 15) is 9.59 Å². The number of Topliss-reactive ketones (excluding diaryl/α,β-unsaturated/α-hetero) is 1. The maximum absolute atomic E-state index is 13.1. The largest absolute Gasteiger partial charge is 0.497 e. The molecule has 2 heterocycles. The smallest absolute Gasteiger partial charge is 0.225 e. The van der Waals surface area contributed by atoms with Gasteiger partial charge in [-0.1, -0.05) is 26.2 Å². The number of likely N-dealkylation sites (tertiary alicyclic amines) is 1. The number of hydrogen-bond donors (Lipinski definition) is 0. The highest BCUT2D eigenvalue weighted by Crippen LogP contribution is 2.41. The van der Waals surface area contributed by atoms with Crippen molar-refractivity contribution in [3.8, 4) is 11.5 Å². The summed E-state index contributed by atoms with van der Waals surface area (Å²) in [4.78, 5) is 27.8. The van der Waals surface area contributed by atoms with E-state index in [2.05, 4.69) is 6.92 Å². The number of benzene rings is 1. The average molecular weight is 414 g/mol. The van der Waals surface area contributed by atoms with E-state index < -0.39 is 5.60 Å². The van der Waals surface area contributed by atoms with E-state index in [0.717, 1.165) is 18.8 Å². The molecule has 0 bridgehead atoms. The number of piperidine rings is 1. The van der Waals surface area contributed by atoms with Crippen LogP contribution in [-0.2, 0) is 4.79 Å². The van der Waals surface area contributed by atoms with Gasteiger partial charge in [0.05, 0.1) is 19.1 Å². The van der Waals surface area contributed by atoms with Crippen LogP contribution in [0.5, 0.6) is 11.5 Å². The van der Waals surface area contributed by atoms with Crippen LogP contribution in [0.2, 0.25) is 0 Å². The van der Waals surface area contributed by atoms with Gasteiger partial charge < -0.3 is 14.4 Å². The van der Waals surface area contributed by atoms with Crippen molar-refractivity contribution < 1.29 is 19.1 Å². The SMILES string of the molecule is CCCCC1CCC(C(=O)N2CCC3(CC2)CC(=O)c2ccc(OC)cc2O3)CC1. The second-order valence-electron chi connectivity index (χ2n) is 9.43. The molecule has 1 spiro atoms. The van der Waals surface area contributed by atoms with E-state index in [1.165, 1.54) is 32.1 Å². The number of methoxy groups -OCH3 is 1. The number of carbonyl (C=O) groups excluding carboxylic acids is 2. The van der Waals surface area contributed by atoms with E-state index in [4.69, 9.17) is 9.47 Å². The Morgan fingerprint density at radius 1 is 1.20 bits per heavy atom. The highest BCUT2D eigenvalue weighted by Gasteiger charge is 2.44. The van der Waals surface area contributed by atoms with Crippen molar-refractivity contribution in [3.05, 3.63) is 23.8 Å². The molecular formula is C25H35NO4. The first-order valence-electron chi connectivity index (χ1n) is 11.7. The third kappa shape index (κ3) is 4.35. The molecule has 3 aliphatic rings. The molecule has 5 nitrogen and oxygen atoms in total. The quantitative estimate of drug-likeness (QED) is 0.680. The van der Waals surface area contributed by atoms with Gasteiger partial charge in [-0.3, -0.25) is 9.59 Å². The Balaban J connectivity index is 1.34. The molecule has 5 heteroatoms. The summed E-state index contributed by atoms with van der Waals surface area (Å²) in [5, 5.41) is 0. The van der Waals surface area contributed by atoms with Gasteiger partial charge in [0.2, 0.25) is 5.91 Å². The predicted octanol–water partition coefficient (Wildman–Crippen LogP) is 5.02. The predicted molar refractivity (Wildman–Crippen MR) is 116 cm³/mol. The van der Waals surface area contributed by atoms with Gasteiger partial charge in [-0.25, -0.2) is 0 Å². The van der Waals surface area contributed by atoms with Crippen LogP contribution in [0.1, 0.15) is 81.5 Å². The fourth-order valence-electron chi connectivity index (χ4n) is 5.46. The summed E-state index contributed by atoms with van der Waals surface area (Å²) in [7, 11) is 1.61. The molecule has 164 valence electrons. The summed E-state index contributed by atoms with van der Waals surface area (Å²) < 4.78 is 11.7. The highest BCUT2D eigenvalue weighted by molar-refractivity contribution is 6.00. The average Bonchev–Trinajstić information content (AvgIpc) is 2.77. The van der Waals surface area contributed by atoms with Crippen LogP contribution in [0.15, 0.2) is 18.2 Å². The fraction of sp³-hybridized carbons (Fsp3) is 0.680. The fourth-order valence-corrected chi connectivity index (χ4v) is 5.46. The number of ether oxygens (including phenoxy) is 2. The molecule has 1 aromatic carbocycles. The molecule has 1 saturated heterocycles. The van der Waals surface area contributed by atoms with Crippen LogP contribution in [0.4, 0.5) is 0 Å². The molecule has 30 heavy (non-hydrogen) atoms. The van der Waals surface area contributed by atoms with Gasteiger partial charge in [0.1, 0.15) is 17.1 Å². The van der Waals surface area contributed by atoms with E-state index in [-0.39, 0.29) is 11.7 Å². The first-order chi connectivity index (χ1) is 14.5.